The van der Waals surface area contributed by atoms with E-state index in [4.69, 9.17) is 19.3 Å². The molecule has 4 rings (SSSR count). The molecule has 2 fully saturated rings. The van der Waals surface area contributed by atoms with Crippen molar-refractivity contribution in [1.82, 2.24) is 5.32 Å². The van der Waals surface area contributed by atoms with Crippen LogP contribution in [0.2, 0.25) is 0 Å². The van der Waals surface area contributed by atoms with Crippen LogP contribution in [0.5, 0.6) is 0 Å². The third kappa shape index (κ3) is 4.38. The summed E-state index contributed by atoms with van der Waals surface area (Å²) in [5.41, 5.74) is 2.56. The van der Waals surface area contributed by atoms with Crippen LogP contribution in [0, 0.1) is 0 Å². The Labute approximate surface area is 174 Å². The largest absolute Gasteiger partial charge is 0.478 e. The molecule has 0 spiro atoms. The summed E-state index contributed by atoms with van der Waals surface area (Å²) in [5, 5.41) is 11.9. The molecule has 0 aromatic heterocycles. The van der Waals surface area contributed by atoms with Crippen molar-refractivity contribution in [2.75, 3.05) is 13.2 Å². The molecule has 30 heavy (non-hydrogen) atoms. The molecule has 2 aliphatic rings. The molecule has 158 valence electrons. The molecule has 2 aliphatic heterocycles. The first-order valence-corrected chi connectivity index (χ1v) is 10.0. The zero-order chi connectivity index (χ0) is 21.3. The van der Waals surface area contributed by atoms with Crippen molar-refractivity contribution < 1.29 is 28.9 Å². The molecule has 2 aromatic rings. The molecule has 2 heterocycles. The Kier molecular flexibility index (Phi) is 5.60. The van der Waals surface area contributed by atoms with Crippen molar-refractivity contribution in [3.63, 3.8) is 0 Å². The lowest BCUT2D eigenvalue weighted by Crippen LogP contribution is -2.48. The highest BCUT2D eigenvalue weighted by Gasteiger charge is 2.47. The Balaban J connectivity index is 1.36. The van der Waals surface area contributed by atoms with Gasteiger partial charge in [0.15, 0.2) is 5.79 Å². The van der Waals surface area contributed by atoms with Gasteiger partial charge in [0.05, 0.1) is 11.7 Å². The predicted molar refractivity (Wildman–Crippen MR) is 109 cm³/mol. The van der Waals surface area contributed by atoms with Crippen molar-refractivity contribution >= 4 is 11.9 Å². The van der Waals surface area contributed by atoms with Crippen LogP contribution in [0.1, 0.15) is 41.0 Å². The summed E-state index contributed by atoms with van der Waals surface area (Å²) in [7, 11) is 0. The van der Waals surface area contributed by atoms with E-state index < -0.39 is 11.8 Å². The molecule has 2 saturated heterocycles. The average molecular weight is 411 g/mol. The van der Waals surface area contributed by atoms with E-state index in [0.717, 1.165) is 17.5 Å². The second kappa shape index (κ2) is 8.18. The zero-order valence-corrected chi connectivity index (χ0v) is 17.0. The van der Waals surface area contributed by atoms with Crippen molar-refractivity contribution in [1.29, 1.82) is 0 Å². The first-order chi connectivity index (χ1) is 14.3. The standard InChI is InChI=1S/C23H25NO6/c1-23(2)29-18-11-12-28-19(20(18)30-23)13-24-21(25)16-7-3-14(4-8-16)15-5-9-17(10-6-15)22(26)27/h3-10,18-20H,11-13H2,1-2H3,(H,24,25)(H,26,27). The molecule has 7 nitrogen and oxygen atoms in total. The number of fused-ring (bicyclic) bond motifs is 1. The van der Waals surface area contributed by atoms with E-state index in [0.29, 0.717) is 18.7 Å². The second-order valence-corrected chi connectivity index (χ2v) is 8.01. The monoisotopic (exact) mass is 411 g/mol. The maximum Gasteiger partial charge on any atom is 0.335 e. The Morgan fingerprint density at radius 1 is 1.00 bits per heavy atom. The van der Waals surface area contributed by atoms with E-state index >= 15 is 0 Å². The van der Waals surface area contributed by atoms with Gasteiger partial charge in [0.25, 0.3) is 5.91 Å². The number of amides is 1. The minimum Gasteiger partial charge on any atom is -0.478 e. The Hall–Kier alpha value is -2.74. The van der Waals surface area contributed by atoms with Crippen molar-refractivity contribution in [3.8, 4) is 11.1 Å². The molecule has 0 aliphatic carbocycles. The van der Waals surface area contributed by atoms with Crippen LogP contribution >= 0.6 is 0 Å². The minimum absolute atomic E-state index is 0.0116. The van der Waals surface area contributed by atoms with Crippen LogP contribution in [0.15, 0.2) is 48.5 Å². The lowest BCUT2D eigenvalue weighted by atomic mass is 10.0. The van der Waals surface area contributed by atoms with Crippen LogP contribution in [0.4, 0.5) is 0 Å². The highest BCUT2D eigenvalue weighted by atomic mass is 16.8. The van der Waals surface area contributed by atoms with E-state index in [1.165, 1.54) is 0 Å². The summed E-state index contributed by atoms with van der Waals surface area (Å²) in [6.07, 6.45) is 0.335. The average Bonchev–Trinajstić information content (AvgIpc) is 3.06. The number of nitrogens with one attached hydrogen (secondary N) is 1. The van der Waals surface area contributed by atoms with E-state index in [2.05, 4.69) is 5.32 Å². The van der Waals surface area contributed by atoms with Crippen LogP contribution in [-0.4, -0.2) is 54.2 Å². The molecular formula is C23H25NO6. The van der Waals surface area contributed by atoms with Gasteiger partial charge in [0.1, 0.15) is 12.2 Å². The number of hydrogen-bond donors (Lipinski definition) is 2. The van der Waals surface area contributed by atoms with Crippen LogP contribution in [0.3, 0.4) is 0 Å². The Morgan fingerprint density at radius 3 is 2.20 bits per heavy atom. The minimum atomic E-state index is -0.958. The number of rotatable bonds is 5. The number of carbonyl (C=O) groups is 2. The summed E-state index contributed by atoms with van der Waals surface area (Å²) in [4.78, 5) is 23.5. The fraction of sp³-hybridized carbons (Fsp3) is 0.391. The van der Waals surface area contributed by atoms with Gasteiger partial charge in [0, 0.05) is 18.7 Å². The maximum absolute atomic E-state index is 12.6. The first kappa shape index (κ1) is 20.5. The summed E-state index contributed by atoms with van der Waals surface area (Å²) < 4.78 is 17.7. The van der Waals surface area contributed by atoms with Crippen molar-refractivity contribution in [3.05, 3.63) is 59.7 Å². The molecular weight excluding hydrogens is 386 g/mol. The number of hydrogen-bond acceptors (Lipinski definition) is 5. The number of ether oxygens (including phenoxy) is 3. The van der Waals surface area contributed by atoms with Gasteiger partial charge in [-0.15, -0.1) is 0 Å². The maximum atomic E-state index is 12.6. The lowest BCUT2D eigenvalue weighted by Gasteiger charge is -2.31. The summed E-state index contributed by atoms with van der Waals surface area (Å²) >= 11 is 0. The van der Waals surface area contributed by atoms with Gasteiger partial charge in [-0.25, -0.2) is 4.79 Å². The van der Waals surface area contributed by atoms with Gasteiger partial charge in [-0.3, -0.25) is 4.79 Å². The highest BCUT2D eigenvalue weighted by molar-refractivity contribution is 5.94. The predicted octanol–water partition coefficient (Wildman–Crippen LogP) is 3.09. The Morgan fingerprint density at radius 2 is 1.60 bits per heavy atom. The molecule has 3 unspecified atom stereocenters. The van der Waals surface area contributed by atoms with Crippen molar-refractivity contribution in [2.24, 2.45) is 0 Å². The fourth-order valence-corrected chi connectivity index (χ4v) is 3.92. The van der Waals surface area contributed by atoms with E-state index in [1.54, 1.807) is 36.4 Å². The highest BCUT2D eigenvalue weighted by Crippen LogP contribution is 2.35. The van der Waals surface area contributed by atoms with Gasteiger partial charge >= 0.3 is 5.97 Å². The third-order valence-electron chi connectivity index (χ3n) is 5.40. The normalized spacial score (nSPS) is 24.8. The van der Waals surface area contributed by atoms with E-state index in [1.807, 2.05) is 26.0 Å². The number of aromatic carboxylic acids is 1. The second-order valence-electron chi connectivity index (χ2n) is 8.01. The molecule has 0 radical (unpaired) electrons. The smallest absolute Gasteiger partial charge is 0.335 e. The summed E-state index contributed by atoms with van der Waals surface area (Å²) in [5.74, 6) is -1.78. The number of carboxylic acids is 1. The number of carboxylic acid groups (broad SMARTS) is 1. The summed E-state index contributed by atoms with van der Waals surface area (Å²) in [6.45, 7) is 4.70. The fourth-order valence-electron chi connectivity index (χ4n) is 3.92. The van der Waals surface area contributed by atoms with Crippen molar-refractivity contribution in [2.45, 2.75) is 44.4 Å². The van der Waals surface area contributed by atoms with Gasteiger partial charge in [-0.1, -0.05) is 24.3 Å². The van der Waals surface area contributed by atoms with Crippen LogP contribution in [-0.2, 0) is 14.2 Å². The number of benzene rings is 2. The molecule has 1 amide bonds. The van der Waals surface area contributed by atoms with Crippen LogP contribution < -0.4 is 5.32 Å². The van der Waals surface area contributed by atoms with Gasteiger partial charge in [0.2, 0.25) is 0 Å². The van der Waals surface area contributed by atoms with E-state index in [-0.39, 0.29) is 29.8 Å². The van der Waals surface area contributed by atoms with E-state index in [9.17, 15) is 9.59 Å². The first-order valence-electron chi connectivity index (χ1n) is 10.0. The van der Waals surface area contributed by atoms with Gasteiger partial charge in [-0.2, -0.15) is 0 Å². The van der Waals surface area contributed by atoms with Gasteiger partial charge in [-0.05, 0) is 55.7 Å². The third-order valence-corrected chi connectivity index (χ3v) is 5.40. The molecule has 0 bridgehead atoms. The zero-order valence-electron chi connectivity index (χ0n) is 17.0. The summed E-state index contributed by atoms with van der Waals surface area (Å²) in [6, 6.07) is 13.8. The molecule has 0 saturated carbocycles. The molecule has 2 aromatic carbocycles. The molecule has 2 N–H and O–H groups in total. The number of carbonyl (C=O) groups excluding carboxylic acids is 1. The topological polar surface area (TPSA) is 94.1 Å². The SMILES string of the molecule is CC1(C)OC2CCOC(CNC(=O)c3ccc(-c4ccc(C(=O)O)cc4)cc3)C2O1. The lowest BCUT2D eigenvalue weighted by molar-refractivity contribution is -0.153. The van der Waals surface area contributed by atoms with Crippen LogP contribution in [0.25, 0.3) is 11.1 Å². The Bertz CT molecular complexity index is 922. The molecule has 3 atom stereocenters. The quantitative estimate of drug-likeness (QED) is 0.785. The molecule has 7 heteroatoms. The van der Waals surface area contributed by atoms with Gasteiger partial charge < -0.3 is 24.6 Å².